The Kier molecular flexibility index (Phi) is 9.10. The standard InChI is InChI=1S/C31H19F9O6S3/c1-18(41)45-19-12-14-23-26(16-19)47-25-15-13-22(17-24(25)27(23)42)48(20-8-4-2-5-9-20,21-10-6-3-7-11-21)46-49(43,44)31(39,40)29(34,35)28(32,33)30(36,37)38/h2-17H,1H3. The van der Waals surface area contributed by atoms with Gasteiger partial charge >= 0.3 is 39.4 Å². The maximum Gasteiger partial charge on any atom is 0.460 e. The van der Waals surface area contributed by atoms with Crippen LogP contribution in [-0.2, 0) is 18.5 Å². The van der Waals surface area contributed by atoms with Crippen LogP contribution in [-0.4, -0.2) is 37.7 Å². The molecule has 5 aromatic rings. The SMILES string of the molecule is CC(=O)Oc1ccc2c(=O)c3cc(S(OS(=O)(=O)C(F)(F)C(F)(F)C(F)(F)C(F)(F)F)(c4ccccc4)c4ccccc4)ccc3sc2c1. The molecular weight excluding hydrogens is 736 g/mol. The Morgan fingerprint density at radius 3 is 1.71 bits per heavy atom. The van der Waals surface area contributed by atoms with Crippen LogP contribution in [0.3, 0.4) is 0 Å². The summed E-state index contributed by atoms with van der Waals surface area (Å²) in [6.07, 6.45) is -7.29. The van der Waals surface area contributed by atoms with Crippen LogP contribution in [0.5, 0.6) is 5.75 Å². The van der Waals surface area contributed by atoms with Crippen molar-refractivity contribution in [3.63, 3.8) is 0 Å². The van der Waals surface area contributed by atoms with E-state index in [4.69, 9.17) is 8.37 Å². The molecule has 0 aliphatic heterocycles. The molecule has 0 fully saturated rings. The van der Waals surface area contributed by atoms with Crippen LogP contribution in [0.1, 0.15) is 6.92 Å². The zero-order chi connectivity index (χ0) is 36.2. The van der Waals surface area contributed by atoms with Gasteiger partial charge in [0.1, 0.15) is 5.75 Å². The summed E-state index contributed by atoms with van der Waals surface area (Å²) >= 11 is 0.993. The fourth-order valence-corrected chi connectivity index (χ4v) is 11.0. The van der Waals surface area contributed by atoms with Crippen molar-refractivity contribution in [1.29, 1.82) is 0 Å². The van der Waals surface area contributed by atoms with Crippen molar-refractivity contribution in [2.45, 2.75) is 44.9 Å². The molecule has 49 heavy (non-hydrogen) atoms. The summed E-state index contributed by atoms with van der Waals surface area (Å²) < 4.78 is 163. The zero-order valence-corrected chi connectivity index (χ0v) is 26.8. The lowest BCUT2D eigenvalue weighted by molar-refractivity contribution is -0.382. The van der Waals surface area contributed by atoms with Crippen molar-refractivity contribution in [3.8, 4) is 5.75 Å². The molecule has 0 bridgehead atoms. The molecule has 18 heteroatoms. The van der Waals surface area contributed by atoms with E-state index < -0.39 is 60.0 Å². The van der Waals surface area contributed by atoms with Crippen molar-refractivity contribution >= 4 is 57.9 Å². The summed E-state index contributed by atoms with van der Waals surface area (Å²) in [4.78, 5) is 24.1. The first kappa shape index (κ1) is 36.2. The summed E-state index contributed by atoms with van der Waals surface area (Å²) in [5.74, 6) is -15.6. The number of carbonyl (C=O) groups excluding carboxylic acids is 1. The van der Waals surface area contributed by atoms with E-state index in [0.29, 0.717) is 4.70 Å². The number of hydrogen-bond acceptors (Lipinski definition) is 7. The largest absolute Gasteiger partial charge is 0.460 e. The Labute approximate surface area is 276 Å². The number of rotatable bonds is 9. The minimum Gasteiger partial charge on any atom is -0.427 e. The summed E-state index contributed by atoms with van der Waals surface area (Å²) in [6, 6.07) is 19.9. The molecule has 0 spiro atoms. The quantitative estimate of drug-likeness (QED) is 0.0646. The van der Waals surface area contributed by atoms with Crippen LogP contribution in [0.2, 0.25) is 0 Å². The Balaban J connectivity index is 1.81. The Morgan fingerprint density at radius 1 is 0.653 bits per heavy atom. The van der Waals surface area contributed by atoms with E-state index in [0.717, 1.165) is 54.7 Å². The molecule has 0 aliphatic rings. The first-order valence-corrected chi connectivity index (χ1v) is 17.2. The molecule has 0 saturated heterocycles. The van der Waals surface area contributed by atoms with Gasteiger partial charge in [0.2, 0.25) is 0 Å². The molecule has 0 atom stereocenters. The van der Waals surface area contributed by atoms with Crippen molar-refractivity contribution in [2.24, 2.45) is 0 Å². The van der Waals surface area contributed by atoms with Crippen LogP contribution in [0.25, 0.3) is 20.2 Å². The van der Waals surface area contributed by atoms with E-state index in [2.05, 4.69) is 0 Å². The van der Waals surface area contributed by atoms with E-state index >= 15 is 8.78 Å². The van der Waals surface area contributed by atoms with Gasteiger partial charge in [-0.1, -0.05) is 36.4 Å². The first-order chi connectivity index (χ1) is 22.7. The summed E-state index contributed by atoms with van der Waals surface area (Å²) in [5.41, 5.74) is -0.695. The molecule has 6 nitrogen and oxygen atoms in total. The van der Waals surface area contributed by atoms with Crippen molar-refractivity contribution < 1.29 is 61.1 Å². The van der Waals surface area contributed by atoms with E-state index in [9.17, 15) is 48.7 Å². The molecule has 0 unspecified atom stereocenters. The topological polar surface area (TPSA) is 86.7 Å². The van der Waals surface area contributed by atoms with Crippen LogP contribution in [0.4, 0.5) is 39.5 Å². The van der Waals surface area contributed by atoms with Gasteiger partial charge in [-0.05, 0) is 71.0 Å². The average molecular weight is 755 g/mol. The van der Waals surface area contributed by atoms with Crippen LogP contribution in [0, 0.1) is 0 Å². The van der Waals surface area contributed by atoms with Gasteiger partial charge < -0.3 is 4.74 Å². The van der Waals surface area contributed by atoms with Crippen LogP contribution in [0.15, 0.2) is 117 Å². The van der Waals surface area contributed by atoms with Gasteiger partial charge in [-0.2, -0.15) is 47.9 Å². The lowest BCUT2D eigenvalue weighted by atomic mass is 10.1. The number of alkyl halides is 9. The van der Waals surface area contributed by atoms with Gasteiger partial charge in [0.15, 0.2) is 5.43 Å². The first-order valence-electron chi connectivity index (χ1n) is 13.5. The third kappa shape index (κ3) is 5.93. The second kappa shape index (κ2) is 12.3. The highest BCUT2D eigenvalue weighted by atomic mass is 32.3. The number of hydrogen-bond donors (Lipinski definition) is 0. The van der Waals surface area contributed by atoms with Crippen molar-refractivity contribution in [1.82, 2.24) is 0 Å². The Morgan fingerprint density at radius 2 is 1.20 bits per heavy atom. The van der Waals surface area contributed by atoms with Gasteiger partial charge in [0.25, 0.3) is 0 Å². The number of halogens is 9. The summed E-state index contributed by atoms with van der Waals surface area (Å²) in [5, 5.41) is -7.24. The molecule has 0 amide bonds. The normalized spacial score (nSPS) is 13.8. The minimum atomic E-state index is -7.55. The van der Waals surface area contributed by atoms with Crippen molar-refractivity contribution in [3.05, 3.63) is 107 Å². The number of esters is 1. The second-order valence-corrected chi connectivity index (χ2v) is 15.8. The molecule has 0 N–H and O–H groups in total. The fraction of sp³-hybridized carbons (Fsp3) is 0.161. The average Bonchev–Trinajstić information content (AvgIpc) is 3.03. The van der Waals surface area contributed by atoms with E-state index in [-0.39, 0.29) is 31.0 Å². The van der Waals surface area contributed by atoms with E-state index in [1.54, 1.807) is 0 Å². The third-order valence-corrected chi connectivity index (χ3v) is 13.3. The van der Waals surface area contributed by atoms with Gasteiger partial charge in [-0.25, -0.2) is 3.63 Å². The van der Waals surface area contributed by atoms with Gasteiger partial charge in [0.05, 0.1) is 0 Å². The zero-order valence-electron chi connectivity index (χ0n) is 24.3. The smallest absolute Gasteiger partial charge is 0.427 e. The molecule has 4 aromatic carbocycles. The number of ether oxygens (including phenoxy) is 1. The second-order valence-electron chi connectivity index (χ2n) is 10.2. The molecule has 1 heterocycles. The number of fused-ring (bicyclic) bond motifs is 2. The Bertz CT molecular complexity index is 2190. The lowest BCUT2D eigenvalue weighted by Gasteiger charge is -2.41. The maximum atomic E-state index is 15.2. The molecule has 1 aromatic heterocycles. The fourth-order valence-electron chi connectivity index (χ4n) is 4.67. The third-order valence-electron chi connectivity index (χ3n) is 6.98. The minimum absolute atomic E-state index is 0.0691. The van der Waals surface area contributed by atoms with Crippen LogP contribution >= 0.6 is 21.6 Å². The summed E-state index contributed by atoms with van der Waals surface area (Å²) in [6.45, 7) is 1.16. The van der Waals surface area contributed by atoms with Crippen molar-refractivity contribution in [2.75, 3.05) is 0 Å². The monoisotopic (exact) mass is 754 g/mol. The Hall–Kier alpha value is -4.13. The highest BCUT2D eigenvalue weighted by Gasteiger charge is 2.86. The predicted molar refractivity (Wildman–Crippen MR) is 163 cm³/mol. The van der Waals surface area contributed by atoms with Gasteiger partial charge in [-0.3, -0.25) is 9.59 Å². The lowest BCUT2D eigenvalue weighted by Crippen LogP contribution is -2.63. The van der Waals surface area contributed by atoms with Gasteiger partial charge in [0, 0.05) is 41.8 Å². The van der Waals surface area contributed by atoms with Crippen LogP contribution < -0.4 is 10.2 Å². The number of carbonyl (C=O) groups is 1. The van der Waals surface area contributed by atoms with E-state index in [1.165, 1.54) is 60.7 Å². The highest BCUT2D eigenvalue weighted by Crippen LogP contribution is 2.71. The molecule has 260 valence electrons. The molecule has 0 saturated carbocycles. The highest BCUT2D eigenvalue weighted by molar-refractivity contribution is 8.33. The number of benzene rings is 4. The molecule has 0 aliphatic carbocycles. The summed E-state index contributed by atoms with van der Waals surface area (Å²) in [7, 11) is -11.7. The predicted octanol–water partition coefficient (Wildman–Crippen LogP) is 9.31. The molecular formula is C31H19F9O6S3. The van der Waals surface area contributed by atoms with Gasteiger partial charge in [-0.15, -0.1) is 11.3 Å². The molecule has 0 radical (unpaired) electrons. The maximum absolute atomic E-state index is 15.2. The van der Waals surface area contributed by atoms with E-state index in [1.807, 2.05) is 0 Å². The molecule has 5 rings (SSSR count).